The molecule has 0 bridgehead atoms. The maximum Gasteiger partial charge on any atom is 0.0641 e. The monoisotopic (exact) mass is 288 g/mol. The van der Waals surface area contributed by atoms with Gasteiger partial charge in [0.2, 0.25) is 0 Å². The van der Waals surface area contributed by atoms with Gasteiger partial charge in [0.05, 0.1) is 16.8 Å². The summed E-state index contributed by atoms with van der Waals surface area (Å²) in [5.41, 5.74) is 12.0. The van der Waals surface area contributed by atoms with Crippen LogP contribution >= 0.6 is 11.6 Å². The summed E-state index contributed by atoms with van der Waals surface area (Å²) in [6.07, 6.45) is 0. The standard InChI is InChI=1S/C17H21ClN2/c1-11-8-12(2)17(13(3)9-11)16(10-19)20-15-7-5-4-6-14(15)18/h4-9,16,20H,10,19H2,1-3H3. The molecule has 1 unspecified atom stereocenters. The van der Waals surface area contributed by atoms with Gasteiger partial charge >= 0.3 is 0 Å². The van der Waals surface area contributed by atoms with Crippen molar-refractivity contribution in [1.29, 1.82) is 0 Å². The van der Waals surface area contributed by atoms with Crippen molar-refractivity contribution in [2.75, 3.05) is 11.9 Å². The molecule has 2 aromatic rings. The van der Waals surface area contributed by atoms with Crippen molar-refractivity contribution >= 4 is 17.3 Å². The second-order valence-corrected chi connectivity index (χ2v) is 5.63. The van der Waals surface area contributed by atoms with E-state index in [1.54, 1.807) is 0 Å². The molecule has 2 nitrogen and oxygen atoms in total. The minimum atomic E-state index is 0.0653. The third-order valence-electron chi connectivity index (χ3n) is 3.53. The quantitative estimate of drug-likeness (QED) is 0.876. The van der Waals surface area contributed by atoms with Crippen molar-refractivity contribution in [1.82, 2.24) is 0 Å². The second kappa shape index (κ2) is 6.29. The molecule has 0 aromatic heterocycles. The van der Waals surface area contributed by atoms with Crippen LogP contribution in [0.1, 0.15) is 28.3 Å². The summed E-state index contributed by atoms with van der Waals surface area (Å²) in [5.74, 6) is 0. The molecule has 1 atom stereocenters. The molecular formula is C17H21ClN2. The summed E-state index contributed by atoms with van der Waals surface area (Å²) in [4.78, 5) is 0. The van der Waals surface area contributed by atoms with E-state index < -0.39 is 0 Å². The van der Waals surface area contributed by atoms with E-state index in [0.717, 1.165) is 5.69 Å². The van der Waals surface area contributed by atoms with E-state index in [2.05, 4.69) is 38.2 Å². The summed E-state index contributed by atoms with van der Waals surface area (Å²) in [5, 5.41) is 4.17. The van der Waals surface area contributed by atoms with E-state index in [1.807, 2.05) is 24.3 Å². The SMILES string of the molecule is Cc1cc(C)c(C(CN)Nc2ccccc2Cl)c(C)c1. The van der Waals surface area contributed by atoms with Crippen LogP contribution in [-0.4, -0.2) is 6.54 Å². The second-order valence-electron chi connectivity index (χ2n) is 5.22. The van der Waals surface area contributed by atoms with Crippen LogP contribution < -0.4 is 11.1 Å². The maximum atomic E-state index is 6.21. The van der Waals surface area contributed by atoms with Gasteiger partial charge in [-0.1, -0.05) is 41.4 Å². The Hall–Kier alpha value is -1.51. The number of nitrogens with one attached hydrogen (secondary N) is 1. The van der Waals surface area contributed by atoms with Crippen LogP contribution in [0, 0.1) is 20.8 Å². The number of anilines is 1. The molecule has 106 valence electrons. The van der Waals surface area contributed by atoms with E-state index >= 15 is 0 Å². The van der Waals surface area contributed by atoms with E-state index in [-0.39, 0.29) is 6.04 Å². The molecule has 2 rings (SSSR count). The highest BCUT2D eigenvalue weighted by molar-refractivity contribution is 6.33. The van der Waals surface area contributed by atoms with Gasteiger partial charge in [-0.05, 0) is 49.6 Å². The Kier molecular flexibility index (Phi) is 4.69. The molecule has 0 aliphatic rings. The minimum absolute atomic E-state index is 0.0653. The average molecular weight is 289 g/mol. The molecule has 0 radical (unpaired) electrons. The predicted octanol–water partition coefficient (Wildman–Crippen LogP) is 4.38. The summed E-state index contributed by atoms with van der Waals surface area (Å²) >= 11 is 6.21. The lowest BCUT2D eigenvalue weighted by molar-refractivity contribution is 0.776. The van der Waals surface area contributed by atoms with Crippen molar-refractivity contribution in [2.24, 2.45) is 5.73 Å². The molecule has 0 spiro atoms. The van der Waals surface area contributed by atoms with Crippen LogP contribution in [0.2, 0.25) is 5.02 Å². The van der Waals surface area contributed by atoms with Gasteiger partial charge in [-0.25, -0.2) is 0 Å². The number of hydrogen-bond acceptors (Lipinski definition) is 2. The summed E-state index contributed by atoms with van der Waals surface area (Å²) in [7, 11) is 0. The van der Waals surface area contributed by atoms with Gasteiger partial charge in [0.1, 0.15) is 0 Å². The minimum Gasteiger partial charge on any atom is -0.376 e. The zero-order valence-corrected chi connectivity index (χ0v) is 13.0. The number of para-hydroxylation sites is 1. The predicted molar refractivity (Wildman–Crippen MR) is 87.5 cm³/mol. The van der Waals surface area contributed by atoms with Gasteiger partial charge < -0.3 is 11.1 Å². The van der Waals surface area contributed by atoms with Crippen LogP contribution in [0.15, 0.2) is 36.4 Å². The molecule has 0 aliphatic heterocycles. The first-order valence-corrected chi connectivity index (χ1v) is 7.19. The van der Waals surface area contributed by atoms with Crippen LogP contribution in [0.25, 0.3) is 0 Å². The molecule has 0 saturated heterocycles. The van der Waals surface area contributed by atoms with Crippen molar-refractivity contribution in [3.05, 3.63) is 63.7 Å². The van der Waals surface area contributed by atoms with Crippen molar-refractivity contribution in [3.63, 3.8) is 0 Å². The summed E-state index contributed by atoms with van der Waals surface area (Å²) in [6.45, 7) is 6.90. The highest BCUT2D eigenvalue weighted by atomic mass is 35.5. The molecule has 2 aromatic carbocycles. The third-order valence-corrected chi connectivity index (χ3v) is 3.86. The smallest absolute Gasteiger partial charge is 0.0641 e. The Morgan fingerprint density at radius 1 is 1.10 bits per heavy atom. The first-order valence-electron chi connectivity index (χ1n) is 6.81. The number of nitrogens with two attached hydrogens (primary N) is 1. The first kappa shape index (κ1) is 14.9. The maximum absolute atomic E-state index is 6.21. The molecular weight excluding hydrogens is 268 g/mol. The van der Waals surface area contributed by atoms with Gasteiger partial charge in [0.25, 0.3) is 0 Å². The normalized spacial score (nSPS) is 12.2. The Morgan fingerprint density at radius 2 is 1.70 bits per heavy atom. The molecule has 0 aliphatic carbocycles. The molecule has 0 heterocycles. The molecule has 3 N–H and O–H groups in total. The van der Waals surface area contributed by atoms with Crippen LogP contribution in [0.4, 0.5) is 5.69 Å². The lowest BCUT2D eigenvalue weighted by Gasteiger charge is -2.23. The fourth-order valence-corrected chi connectivity index (χ4v) is 2.95. The topological polar surface area (TPSA) is 38.0 Å². The van der Waals surface area contributed by atoms with E-state index in [0.29, 0.717) is 11.6 Å². The number of halogens is 1. The zero-order chi connectivity index (χ0) is 14.7. The largest absolute Gasteiger partial charge is 0.376 e. The van der Waals surface area contributed by atoms with Crippen molar-refractivity contribution < 1.29 is 0 Å². The van der Waals surface area contributed by atoms with E-state index in [4.69, 9.17) is 17.3 Å². The van der Waals surface area contributed by atoms with E-state index in [1.165, 1.54) is 22.3 Å². The molecule has 20 heavy (non-hydrogen) atoms. The highest BCUT2D eigenvalue weighted by Crippen LogP contribution is 2.29. The molecule has 0 amide bonds. The van der Waals surface area contributed by atoms with Gasteiger partial charge in [-0.15, -0.1) is 0 Å². The first-order chi connectivity index (χ1) is 9.52. The molecule has 0 fully saturated rings. The lowest BCUT2D eigenvalue weighted by Crippen LogP contribution is -2.22. The molecule has 3 heteroatoms. The fraction of sp³-hybridized carbons (Fsp3) is 0.294. The van der Waals surface area contributed by atoms with Gasteiger partial charge in [-0.3, -0.25) is 0 Å². The number of hydrogen-bond donors (Lipinski definition) is 2. The Balaban J connectivity index is 2.37. The highest BCUT2D eigenvalue weighted by Gasteiger charge is 2.16. The fourth-order valence-electron chi connectivity index (χ4n) is 2.76. The van der Waals surface area contributed by atoms with Gasteiger partial charge in [0.15, 0.2) is 0 Å². The Labute approximate surface area is 126 Å². The summed E-state index contributed by atoms with van der Waals surface area (Å²) in [6, 6.07) is 12.2. The number of aryl methyl sites for hydroxylation is 3. The number of rotatable bonds is 4. The van der Waals surface area contributed by atoms with Gasteiger partial charge in [0, 0.05) is 6.54 Å². The molecule has 0 saturated carbocycles. The van der Waals surface area contributed by atoms with Crippen LogP contribution in [0.3, 0.4) is 0 Å². The van der Waals surface area contributed by atoms with Gasteiger partial charge in [-0.2, -0.15) is 0 Å². The van der Waals surface area contributed by atoms with Crippen molar-refractivity contribution in [2.45, 2.75) is 26.8 Å². The Morgan fingerprint density at radius 3 is 2.25 bits per heavy atom. The van der Waals surface area contributed by atoms with Crippen molar-refractivity contribution in [3.8, 4) is 0 Å². The number of benzene rings is 2. The lowest BCUT2D eigenvalue weighted by atomic mass is 9.94. The summed E-state index contributed by atoms with van der Waals surface area (Å²) < 4.78 is 0. The van der Waals surface area contributed by atoms with Crippen LogP contribution in [0.5, 0.6) is 0 Å². The van der Waals surface area contributed by atoms with Crippen LogP contribution in [-0.2, 0) is 0 Å². The third kappa shape index (κ3) is 3.14. The zero-order valence-electron chi connectivity index (χ0n) is 12.2. The van der Waals surface area contributed by atoms with E-state index in [9.17, 15) is 0 Å². The average Bonchev–Trinajstić information content (AvgIpc) is 2.38. The Bertz CT molecular complexity index is 585.